The van der Waals surface area contributed by atoms with Crippen LogP contribution in [-0.4, -0.2) is 18.5 Å². The minimum atomic E-state index is 0.120. The number of nitrogen functional groups attached to an aromatic ring is 1. The van der Waals surface area contributed by atoms with E-state index in [4.69, 9.17) is 11.1 Å². The first kappa shape index (κ1) is 19.5. The first-order valence-corrected chi connectivity index (χ1v) is 8.70. The van der Waals surface area contributed by atoms with Crippen molar-refractivity contribution >= 4 is 24.3 Å². The molecule has 1 aromatic rings. The Balaban J connectivity index is 2.32. The maximum absolute atomic E-state index is 7.46. The largest absolute Gasteiger partial charge is 0.398 e. The molecule has 0 heterocycles. The van der Waals surface area contributed by atoms with E-state index in [1.54, 1.807) is 6.07 Å². The lowest BCUT2D eigenvalue weighted by atomic mass is 9.99. The van der Waals surface area contributed by atoms with Crippen LogP contribution in [0.15, 0.2) is 58.0 Å². The van der Waals surface area contributed by atoms with Crippen molar-refractivity contribution in [3.05, 3.63) is 58.6 Å². The average Bonchev–Trinajstić information content (AvgIpc) is 3.31. The third kappa shape index (κ3) is 4.42. The van der Waals surface area contributed by atoms with Crippen molar-refractivity contribution in [2.45, 2.75) is 46.1 Å². The Labute approximate surface area is 156 Å². The molecule has 0 atom stereocenters. The van der Waals surface area contributed by atoms with E-state index >= 15 is 0 Å². The molecule has 2 rings (SSSR count). The fourth-order valence-corrected chi connectivity index (χ4v) is 2.89. The van der Waals surface area contributed by atoms with Crippen LogP contribution in [-0.2, 0) is 0 Å². The molecule has 0 unspecified atom stereocenters. The van der Waals surface area contributed by atoms with Gasteiger partial charge in [0, 0.05) is 45.5 Å². The first-order valence-electron chi connectivity index (χ1n) is 8.70. The Bertz CT molecular complexity index is 806. The lowest BCUT2D eigenvalue weighted by molar-refractivity contribution is 0.601. The second-order valence-corrected chi connectivity index (χ2v) is 7.28. The van der Waals surface area contributed by atoms with E-state index in [9.17, 15) is 0 Å². The summed E-state index contributed by atoms with van der Waals surface area (Å²) < 4.78 is 0. The van der Waals surface area contributed by atoms with E-state index in [-0.39, 0.29) is 5.54 Å². The maximum atomic E-state index is 7.46. The molecule has 5 nitrogen and oxygen atoms in total. The van der Waals surface area contributed by atoms with Gasteiger partial charge < -0.3 is 21.8 Å². The molecule has 0 saturated heterocycles. The maximum Gasteiger partial charge on any atom is 0.129 e. The van der Waals surface area contributed by atoms with E-state index in [2.05, 4.69) is 49.7 Å². The summed E-state index contributed by atoms with van der Waals surface area (Å²) in [7, 11) is 0. The van der Waals surface area contributed by atoms with Crippen molar-refractivity contribution in [1.29, 1.82) is 5.41 Å². The van der Waals surface area contributed by atoms with Gasteiger partial charge in [0.1, 0.15) is 5.82 Å². The van der Waals surface area contributed by atoms with Crippen LogP contribution in [0.2, 0.25) is 0 Å². The number of allylic oxidation sites excluding steroid dienone is 2. The average molecular weight is 351 g/mol. The smallest absolute Gasteiger partial charge is 0.129 e. The fourth-order valence-electron chi connectivity index (χ4n) is 2.89. The van der Waals surface area contributed by atoms with E-state index in [0.29, 0.717) is 11.3 Å². The Morgan fingerprint density at radius 3 is 2.46 bits per heavy atom. The van der Waals surface area contributed by atoms with Crippen LogP contribution in [0.4, 0.5) is 11.4 Å². The van der Waals surface area contributed by atoms with Crippen molar-refractivity contribution in [2.24, 2.45) is 4.99 Å². The zero-order chi connectivity index (χ0) is 19.5. The van der Waals surface area contributed by atoms with Gasteiger partial charge in [0.25, 0.3) is 0 Å². The van der Waals surface area contributed by atoms with Gasteiger partial charge in [-0.2, -0.15) is 0 Å². The minimum Gasteiger partial charge on any atom is -0.398 e. The van der Waals surface area contributed by atoms with Gasteiger partial charge in [0.2, 0.25) is 0 Å². The third-order valence-electron chi connectivity index (χ3n) is 4.65. The molecule has 5 heteroatoms. The predicted octanol–water partition coefficient (Wildman–Crippen LogP) is 4.60. The number of hydrogen-bond acceptors (Lipinski definition) is 5. The number of nitrogens with two attached hydrogens (primary N) is 1. The van der Waals surface area contributed by atoms with Crippen LogP contribution in [0.5, 0.6) is 0 Å². The number of benzene rings is 1. The molecule has 1 aliphatic rings. The molecule has 26 heavy (non-hydrogen) atoms. The van der Waals surface area contributed by atoms with Crippen molar-refractivity contribution in [2.75, 3.05) is 11.1 Å². The summed E-state index contributed by atoms with van der Waals surface area (Å²) in [4.78, 5) is 4.21. The van der Waals surface area contributed by atoms with Crippen molar-refractivity contribution in [3.63, 3.8) is 0 Å². The second kappa shape index (κ2) is 7.60. The Morgan fingerprint density at radius 2 is 1.96 bits per heavy atom. The van der Waals surface area contributed by atoms with Crippen LogP contribution >= 0.6 is 0 Å². The lowest BCUT2D eigenvalue weighted by Crippen LogP contribution is -2.27. The highest BCUT2D eigenvalue weighted by Gasteiger charge is 2.38. The number of nitrogens with zero attached hydrogens (tertiary/aromatic N) is 1. The Kier molecular flexibility index (Phi) is 5.70. The highest BCUT2D eigenvalue weighted by Crippen LogP contribution is 2.37. The number of anilines is 2. The standard InChI is InChI=1S/C21H29N5/c1-13(2)19(14(3)20(24-6)26-21(5)9-10-21)15(4)25-17-7-8-18(23)16(11-17)12-22/h7-8,11-12,22,25-26H,4,6,9-10,23H2,1-3,5H3/b20-14-,22-12?. The third-order valence-corrected chi connectivity index (χ3v) is 4.65. The highest BCUT2D eigenvalue weighted by molar-refractivity contribution is 5.87. The summed E-state index contributed by atoms with van der Waals surface area (Å²) in [6.07, 6.45) is 3.53. The molecule has 0 bridgehead atoms. The van der Waals surface area contributed by atoms with E-state index < -0.39 is 0 Å². The quantitative estimate of drug-likeness (QED) is 0.313. The van der Waals surface area contributed by atoms with E-state index in [0.717, 1.165) is 46.8 Å². The summed E-state index contributed by atoms with van der Waals surface area (Å²) in [6, 6.07) is 5.50. The van der Waals surface area contributed by atoms with Gasteiger partial charge >= 0.3 is 0 Å². The molecular formula is C21H29N5. The molecule has 1 saturated carbocycles. The van der Waals surface area contributed by atoms with Crippen LogP contribution < -0.4 is 16.4 Å². The van der Waals surface area contributed by atoms with Crippen LogP contribution in [0.3, 0.4) is 0 Å². The predicted molar refractivity (Wildman–Crippen MR) is 113 cm³/mol. The van der Waals surface area contributed by atoms with Gasteiger partial charge in [-0.3, -0.25) is 0 Å². The topological polar surface area (TPSA) is 86.3 Å². The molecule has 1 aromatic carbocycles. The SMILES string of the molecule is C=N/C(NC1(C)CC1)=C(\C)C(C(=C)Nc1ccc(N)c(C=N)c1)=C(C)C. The zero-order valence-electron chi connectivity index (χ0n) is 16.2. The van der Waals surface area contributed by atoms with Crippen molar-refractivity contribution in [1.82, 2.24) is 5.32 Å². The molecule has 138 valence electrons. The highest BCUT2D eigenvalue weighted by atomic mass is 15.1. The number of nitrogens with one attached hydrogen (secondary N) is 3. The van der Waals surface area contributed by atoms with Gasteiger partial charge in [0.15, 0.2) is 0 Å². The second-order valence-electron chi connectivity index (χ2n) is 7.28. The summed E-state index contributed by atoms with van der Waals surface area (Å²) in [6.45, 7) is 16.3. The van der Waals surface area contributed by atoms with Gasteiger partial charge in [-0.1, -0.05) is 12.2 Å². The summed E-state index contributed by atoms with van der Waals surface area (Å²) in [5.74, 6) is 0.793. The van der Waals surface area contributed by atoms with Crippen LogP contribution in [0.25, 0.3) is 0 Å². The Hall–Kier alpha value is -2.82. The van der Waals surface area contributed by atoms with Crippen molar-refractivity contribution < 1.29 is 0 Å². The normalized spacial score (nSPS) is 15.4. The molecule has 1 fully saturated rings. The monoisotopic (exact) mass is 351 g/mol. The molecule has 0 aromatic heterocycles. The fraction of sp³-hybridized carbons (Fsp3) is 0.333. The van der Waals surface area contributed by atoms with Crippen molar-refractivity contribution in [3.8, 4) is 0 Å². The number of aliphatic imine (C=N–C) groups is 1. The molecule has 0 aliphatic heterocycles. The molecule has 0 amide bonds. The van der Waals surface area contributed by atoms with Crippen LogP contribution in [0, 0.1) is 5.41 Å². The first-order chi connectivity index (χ1) is 12.2. The molecule has 0 radical (unpaired) electrons. The summed E-state index contributed by atoms with van der Waals surface area (Å²) >= 11 is 0. The molecule has 1 aliphatic carbocycles. The van der Waals surface area contributed by atoms with Gasteiger partial charge in [-0.25, -0.2) is 4.99 Å². The van der Waals surface area contributed by atoms with E-state index in [1.165, 1.54) is 6.21 Å². The van der Waals surface area contributed by atoms with Gasteiger partial charge in [0.05, 0.1) is 0 Å². The Morgan fingerprint density at radius 1 is 1.31 bits per heavy atom. The zero-order valence-corrected chi connectivity index (χ0v) is 16.2. The van der Waals surface area contributed by atoms with E-state index in [1.807, 2.05) is 19.1 Å². The number of hydrogen-bond donors (Lipinski definition) is 4. The summed E-state index contributed by atoms with van der Waals surface area (Å²) in [5.41, 5.74) is 12.0. The van der Waals surface area contributed by atoms with Gasteiger partial charge in [-0.15, -0.1) is 0 Å². The van der Waals surface area contributed by atoms with Gasteiger partial charge in [-0.05, 0) is 65.5 Å². The molecule has 5 N–H and O–H groups in total. The number of rotatable bonds is 8. The lowest BCUT2D eigenvalue weighted by Gasteiger charge is -2.21. The summed E-state index contributed by atoms with van der Waals surface area (Å²) in [5, 5.41) is 14.3. The minimum absolute atomic E-state index is 0.120. The molecule has 0 spiro atoms. The molecular weight excluding hydrogens is 322 g/mol. The van der Waals surface area contributed by atoms with Crippen LogP contribution in [0.1, 0.15) is 46.1 Å².